The Hall–Kier alpha value is -2.91. The van der Waals surface area contributed by atoms with E-state index in [1.165, 1.54) is 0 Å². The van der Waals surface area contributed by atoms with Crippen LogP contribution in [0.1, 0.15) is 5.76 Å². The van der Waals surface area contributed by atoms with Crippen molar-refractivity contribution in [3.05, 3.63) is 53.2 Å². The molecule has 4 rings (SSSR count). The third-order valence-corrected chi connectivity index (χ3v) is 4.95. The second kappa shape index (κ2) is 7.49. The van der Waals surface area contributed by atoms with Crippen molar-refractivity contribution in [2.45, 2.75) is 5.54 Å². The Kier molecular flexibility index (Phi) is 5.01. The zero-order valence-corrected chi connectivity index (χ0v) is 16.2. The molecule has 0 aliphatic rings. The van der Waals surface area contributed by atoms with E-state index in [2.05, 4.69) is 10.1 Å². The lowest BCUT2D eigenvalue weighted by Gasteiger charge is -2.21. The highest BCUT2D eigenvalue weighted by atomic mass is 35.5. The number of furan rings is 1. The van der Waals surface area contributed by atoms with Crippen LogP contribution >= 0.6 is 11.6 Å². The molecule has 0 unspecified atom stereocenters. The molecule has 0 bridgehead atoms. The van der Waals surface area contributed by atoms with E-state index in [9.17, 15) is 10.2 Å². The summed E-state index contributed by atoms with van der Waals surface area (Å²) in [5.74, 6) is 1.55. The van der Waals surface area contributed by atoms with Gasteiger partial charge in [0.2, 0.25) is 5.82 Å². The van der Waals surface area contributed by atoms with Crippen LogP contribution in [0.5, 0.6) is 5.75 Å². The summed E-state index contributed by atoms with van der Waals surface area (Å²) in [6.07, 6.45) is 0. The number of rotatable bonds is 6. The van der Waals surface area contributed by atoms with E-state index >= 15 is 0 Å². The van der Waals surface area contributed by atoms with E-state index in [1.54, 1.807) is 43.5 Å². The van der Waals surface area contributed by atoms with Gasteiger partial charge in [-0.05, 0) is 42.5 Å². The molecule has 29 heavy (non-hydrogen) atoms. The number of fused-ring (bicyclic) bond motifs is 1. The molecular formula is C20H18ClN3O5. The molecule has 2 aromatic carbocycles. The number of halogens is 1. The lowest BCUT2D eigenvalue weighted by molar-refractivity contribution is 0.105. The lowest BCUT2D eigenvalue weighted by Crippen LogP contribution is -2.43. The molecule has 0 saturated carbocycles. The van der Waals surface area contributed by atoms with Gasteiger partial charge in [-0.25, -0.2) is 0 Å². The van der Waals surface area contributed by atoms with Crippen molar-refractivity contribution in [1.82, 2.24) is 10.1 Å². The van der Waals surface area contributed by atoms with Crippen LogP contribution in [0.3, 0.4) is 0 Å². The van der Waals surface area contributed by atoms with Gasteiger partial charge in [0.15, 0.2) is 0 Å². The number of ether oxygens (including phenoxy) is 1. The van der Waals surface area contributed by atoms with Gasteiger partial charge in [0.25, 0.3) is 5.89 Å². The Bertz CT molecular complexity index is 1170. The molecular weight excluding hydrogens is 398 g/mol. The monoisotopic (exact) mass is 415 g/mol. The van der Waals surface area contributed by atoms with Crippen molar-refractivity contribution < 1.29 is 23.9 Å². The quantitative estimate of drug-likeness (QED) is 0.438. The van der Waals surface area contributed by atoms with Crippen molar-refractivity contribution in [3.8, 4) is 28.6 Å². The predicted molar refractivity (Wildman–Crippen MR) is 107 cm³/mol. The van der Waals surface area contributed by atoms with Crippen LogP contribution in [0.2, 0.25) is 5.02 Å². The summed E-state index contributed by atoms with van der Waals surface area (Å²) in [4.78, 5) is 4.43. The lowest BCUT2D eigenvalue weighted by atomic mass is 10.00. The minimum Gasteiger partial charge on any atom is -0.495 e. The van der Waals surface area contributed by atoms with E-state index in [0.29, 0.717) is 39.2 Å². The number of aromatic nitrogens is 2. The van der Waals surface area contributed by atoms with E-state index in [1.807, 2.05) is 6.07 Å². The molecule has 0 aliphatic heterocycles. The van der Waals surface area contributed by atoms with Gasteiger partial charge in [-0.2, -0.15) is 4.98 Å². The normalized spacial score (nSPS) is 11.9. The largest absolute Gasteiger partial charge is 0.495 e. The summed E-state index contributed by atoms with van der Waals surface area (Å²) < 4.78 is 16.2. The number of benzene rings is 2. The Morgan fingerprint density at radius 2 is 1.86 bits per heavy atom. The van der Waals surface area contributed by atoms with Gasteiger partial charge < -0.3 is 29.6 Å². The Labute approximate surface area is 170 Å². The highest BCUT2D eigenvalue weighted by Crippen LogP contribution is 2.32. The van der Waals surface area contributed by atoms with Gasteiger partial charge in [-0.15, -0.1) is 0 Å². The molecule has 4 aromatic rings. The highest BCUT2D eigenvalue weighted by Gasteiger charge is 2.30. The van der Waals surface area contributed by atoms with Gasteiger partial charge in [0.1, 0.15) is 22.6 Å². The van der Waals surface area contributed by atoms with Crippen LogP contribution < -0.4 is 10.5 Å². The van der Waals surface area contributed by atoms with Gasteiger partial charge >= 0.3 is 0 Å². The molecule has 0 spiro atoms. The van der Waals surface area contributed by atoms with Crippen LogP contribution in [-0.2, 0) is 5.54 Å². The summed E-state index contributed by atoms with van der Waals surface area (Å²) in [6.45, 7) is -0.899. The molecule has 8 nitrogen and oxygen atoms in total. The summed E-state index contributed by atoms with van der Waals surface area (Å²) >= 11 is 6.16. The molecule has 0 amide bonds. The third-order valence-electron chi connectivity index (χ3n) is 4.65. The van der Waals surface area contributed by atoms with Crippen LogP contribution in [0, 0.1) is 0 Å². The first-order valence-corrected chi connectivity index (χ1v) is 9.08. The first-order chi connectivity index (χ1) is 14.0. The second-order valence-electron chi connectivity index (χ2n) is 6.61. The molecule has 9 heteroatoms. The average molecular weight is 416 g/mol. The zero-order chi connectivity index (χ0) is 20.6. The van der Waals surface area contributed by atoms with Crippen molar-refractivity contribution in [2.24, 2.45) is 5.73 Å². The standard InChI is InChI=1S/C20H18ClN3O5/c1-27-16-5-3-12(7-14(16)21)19-23-18(24-29-19)11-2-4-15-13(6-11)8-17(28-15)20(22,9-25)10-26/h2-8,25-26H,9-10,22H2,1H3. The molecule has 4 N–H and O–H groups in total. The molecule has 0 fully saturated rings. The minimum absolute atomic E-state index is 0.288. The van der Waals surface area contributed by atoms with Crippen LogP contribution in [0.15, 0.2) is 51.4 Å². The maximum atomic E-state index is 9.47. The van der Waals surface area contributed by atoms with Crippen molar-refractivity contribution in [1.29, 1.82) is 0 Å². The summed E-state index contributed by atoms with van der Waals surface area (Å²) in [5.41, 5.74) is 6.56. The zero-order valence-electron chi connectivity index (χ0n) is 15.4. The number of hydrogen-bond donors (Lipinski definition) is 3. The number of nitrogens with two attached hydrogens (primary N) is 1. The average Bonchev–Trinajstić information content (AvgIpc) is 3.40. The third kappa shape index (κ3) is 3.47. The smallest absolute Gasteiger partial charge is 0.258 e. The van der Waals surface area contributed by atoms with E-state index < -0.39 is 18.8 Å². The number of nitrogens with zero attached hydrogens (tertiary/aromatic N) is 2. The molecule has 0 radical (unpaired) electrons. The van der Waals surface area contributed by atoms with Gasteiger partial charge in [-0.3, -0.25) is 0 Å². The van der Waals surface area contributed by atoms with Crippen LogP contribution in [0.25, 0.3) is 33.8 Å². The number of aliphatic hydroxyl groups excluding tert-OH is 2. The molecule has 2 heterocycles. The summed E-state index contributed by atoms with van der Waals surface area (Å²) in [7, 11) is 1.54. The van der Waals surface area contributed by atoms with Gasteiger partial charge in [0, 0.05) is 16.5 Å². The maximum Gasteiger partial charge on any atom is 0.258 e. The molecule has 2 aromatic heterocycles. The Morgan fingerprint density at radius 1 is 1.10 bits per heavy atom. The van der Waals surface area contributed by atoms with Gasteiger partial charge in [-0.1, -0.05) is 16.8 Å². The van der Waals surface area contributed by atoms with E-state index in [-0.39, 0.29) is 5.76 Å². The van der Waals surface area contributed by atoms with Gasteiger partial charge in [0.05, 0.1) is 25.3 Å². The van der Waals surface area contributed by atoms with Crippen molar-refractivity contribution in [2.75, 3.05) is 20.3 Å². The fourth-order valence-corrected chi connectivity index (χ4v) is 3.15. The molecule has 150 valence electrons. The molecule has 0 atom stereocenters. The number of hydrogen-bond acceptors (Lipinski definition) is 8. The van der Waals surface area contributed by atoms with E-state index in [0.717, 1.165) is 5.39 Å². The summed E-state index contributed by atoms with van der Waals surface area (Å²) in [5, 5.41) is 24.1. The SMILES string of the molecule is COc1ccc(-c2nc(-c3ccc4oc(C(N)(CO)CO)cc4c3)no2)cc1Cl. The predicted octanol–water partition coefficient (Wildman–Crippen LogP) is 2.95. The van der Waals surface area contributed by atoms with Crippen LogP contribution in [-0.4, -0.2) is 40.7 Å². The van der Waals surface area contributed by atoms with E-state index in [4.69, 9.17) is 31.0 Å². The first-order valence-electron chi connectivity index (χ1n) is 8.70. The number of methoxy groups -OCH3 is 1. The van der Waals surface area contributed by atoms with Crippen molar-refractivity contribution in [3.63, 3.8) is 0 Å². The fourth-order valence-electron chi connectivity index (χ4n) is 2.89. The van der Waals surface area contributed by atoms with Crippen molar-refractivity contribution >= 4 is 22.6 Å². The fraction of sp³-hybridized carbons (Fsp3) is 0.200. The molecule has 0 aliphatic carbocycles. The topological polar surface area (TPSA) is 128 Å². The first kappa shape index (κ1) is 19.4. The number of aliphatic hydroxyl groups is 2. The minimum atomic E-state index is -1.36. The Morgan fingerprint density at radius 3 is 2.55 bits per heavy atom. The van der Waals surface area contributed by atoms with Crippen LogP contribution in [0.4, 0.5) is 0 Å². The second-order valence-corrected chi connectivity index (χ2v) is 7.02. The highest BCUT2D eigenvalue weighted by molar-refractivity contribution is 6.32. The maximum absolute atomic E-state index is 9.47. The Balaban J connectivity index is 1.68. The molecule has 0 saturated heterocycles. The summed E-state index contributed by atoms with van der Waals surface area (Å²) in [6, 6.07) is 12.2.